The number of ketones is 1. The van der Waals surface area contributed by atoms with Crippen molar-refractivity contribution in [2.45, 2.75) is 25.4 Å². The van der Waals surface area contributed by atoms with E-state index in [0.717, 1.165) is 18.4 Å². The van der Waals surface area contributed by atoms with Crippen molar-refractivity contribution in [3.63, 3.8) is 0 Å². The molecule has 0 bridgehead atoms. The van der Waals surface area contributed by atoms with Gasteiger partial charge in [0, 0.05) is 24.7 Å². The summed E-state index contributed by atoms with van der Waals surface area (Å²) in [7, 11) is 0. The number of nitrogens with zero attached hydrogens (tertiary/aromatic N) is 1. The van der Waals surface area contributed by atoms with Gasteiger partial charge in [0.1, 0.15) is 5.78 Å². The molecule has 1 saturated carbocycles. The van der Waals surface area contributed by atoms with Crippen LogP contribution in [0, 0.1) is 5.92 Å². The van der Waals surface area contributed by atoms with Crippen LogP contribution >= 0.6 is 0 Å². The SMILES string of the molecule is O=C1CCC[C@H]1[C@H](O)c1ccncc1. The quantitative estimate of drug-likeness (QED) is 0.770. The van der Waals surface area contributed by atoms with Crippen LogP contribution in [-0.2, 0) is 4.79 Å². The average Bonchev–Trinajstić information content (AvgIpc) is 2.65. The second kappa shape index (κ2) is 3.88. The predicted octanol–water partition coefficient (Wildman–Crippen LogP) is 1.48. The van der Waals surface area contributed by atoms with E-state index in [1.54, 1.807) is 24.5 Å². The van der Waals surface area contributed by atoms with Crippen LogP contribution in [0.5, 0.6) is 0 Å². The zero-order valence-electron chi connectivity index (χ0n) is 7.89. The van der Waals surface area contributed by atoms with Gasteiger partial charge in [0.25, 0.3) is 0 Å². The van der Waals surface area contributed by atoms with E-state index < -0.39 is 6.10 Å². The molecule has 0 radical (unpaired) electrons. The van der Waals surface area contributed by atoms with Crippen molar-refractivity contribution in [3.8, 4) is 0 Å². The van der Waals surface area contributed by atoms with Crippen molar-refractivity contribution in [2.75, 3.05) is 0 Å². The standard InChI is InChI=1S/C11H13NO2/c13-10-3-1-2-9(10)11(14)8-4-6-12-7-5-8/h4-7,9,11,14H,1-3H2/t9-,11-/m1/s1. The third-order valence-corrected chi connectivity index (χ3v) is 2.78. The molecule has 1 fully saturated rings. The fourth-order valence-electron chi connectivity index (χ4n) is 1.97. The molecule has 3 heteroatoms. The summed E-state index contributed by atoms with van der Waals surface area (Å²) in [6.07, 6.45) is 4.96. The lowest BCUT2D eigenvalue weighted by Crippen LogP contribution is -2.16. The van der Waals surface area contributed by atoms with Crippen molar-refractivity contribution in [3.05, 3.63) is 30.1 Å². The summed E-state index contributed by atoms with van der Waals surface area (Å²) in [6.45, 7) is 0. The van der Waals surface area contributed by atoms with Gasteiger partial charge >= 0.3 is 0 Å². The van der Waals surface area contributed by atoms with Crippen LogP contribution in [0.15, 0.2) is 24.5 Å². The van der Waals surface area contributed by atoms with Crippen molar-refractivity contribution in [1.82, 2.24) is 4.98 Å². The van der Waals surface area contributed by atoms with Crippen molar-refractivity contribution in [2.24, 2.45) is 5.92 Å². The van der Waals surface area contributed by atoms with Gasteiger partial charge in [0.15, 0.2) is 0 Å². The van der Waals surface area contributed by atoms with E-state index in [4.69, 9.17) is 0 Å². The average molecular weight is 191 g/mol. The molecule has 1 N–H and O–H groups in total. The molecule has 0 amide bonds. The highest BCUT2D eigenvalue weighted by Gasteiger charge is 2.31. The van der Waals surface area contributed by atoms with Crippen molar-refractivity contribution < 1.29 is 9.90 Å². The van der Waals surface area contributed by atoms with Crippen LogP contribution in [0.3, 0.4) is 0 Å². The van der Waals surface area contributed by atoms with Crippen molar-refractivity contribution >= 4 is 5.78 Å². The summed E-state index contributed by atoms with van der Waals surface area (Å²) >= 11 is 0. The zero-order valence-corrected chi connectivity index (χ0v) is 7.89. The largest absolute Gasteiger partial charge is 0.388 e. The van der Waals surface area contributed by atoms with Crippen LogP contribution < -0.4 is 0 Å². The highest BCUT2D eigenvalue weighted by Crippen LogP contribution is 2.32. The lowest BCUT2D eigenvalue weighted by atomic mass is 9.94. The Morgan fingerprint density at radius 3 is 2.71 bits per heavy atom. The minimum atomic E-state index is -0.645. The first kappa shape index (κ1) is 9.34. The number of pyridine rings is 1. The summed E-state index contributed by atoms with van der Waals surface area (Å²) in [4.78, 5) is 15.3. The van der Waals surface area contributed by atoms with Crippen LogP contribution in [0.1, 0.15) is 30.9 Å². The van der Waals surface area contributed by atoms with Crippen LogP contribution in [0.25, 0.3) is 0 Å². The van der Waals surface area contributed by atoms with E-state index >= 15 is 0 Å². The Morgan fingerprint density at radius 2 is 2.14 bits per heavy atom. The highest BCUT2D eigenvalue weighted by molar-refractivity contribution is 5.83. The maximum atomic E-state index is 11.4. The molecule has 1 aliphatic rings. The smallest absolute Gasteiger partial charge is 0.138 e. The fourth-order valence-corrected chi connectivity index (χ4v) is 1.97. The molecular weight excluding hydrogens is 178 g/mol. The number of hydrogen-bond acceptors (Lipinski definition) is 3. The van der Waals surface area contributed by atoms with E-state index in [1.807, 2.05) is 0 Å². The van der Waals surface area contributed by atoms with Gasteiger partial charge in [-0.15, -0.1) is 0 Å². The lowest BCUT2D eigenvalue weighted by molar-refractivity contribution is -0.123. The monoisotopic (exact) mass is 191 g/mol. The number of aliphatic hydroxyl groups excluding tert-OH is 1. The van der Waals surface area contributed by atoms with Gasteiger partial charge < -0.3 is 5.11 Å². The summed E-state index contributed by atoms with van der Waals surface area (Å²) in [5.74, 6) is -0.00767. The molecule has 14 heavy (non-hydrogen) atoms. The Hall–Kier alpha value is -1.22. The molecule has 0 aliphatic heterocycles. The molecular formula is C11H13NO2. The normalized spacial score (nSPS) is 23.8. The van der Waals surface area contributed by atoms with Gasteiger partial charge in [0.2, 0.25) is 0 Å². The number of aliphatic hydroxyl groups is 1. The van der Waals surface area contributed by atoms with Crippen molar-refractivity contribution in [1.29, 1.82) is 0 Å². The molecule has 1 aromatic heterocycles. The second-order valence-electron chi connectivity index (χ2n) is 3.69. The number of carbonyl (C=O) groups is 1. The Morgan fingerprint density at radius 1 is 1.43 bits per heavy atom. The molecule has 0 saturated heterocycles. The van der Waals surface area contributed by atoms with E-state index in [2.05, 4.69) is 4.98 Å². The van der Waals surface area contributed by atoms with Crippen LogP contribution in [0.2, 0.25) is 0 Å². The summed E-state index contributed by atoms with van der Waals surface area (Å²) < 4.78 is 0. The molecule has 1 aromatic rings. The summed E-state index contributed by atoms with van der Waals surface area (Å²) in [6, 6.07) is 3.52. The number of aromatic nitrogens is 1. The molecule has 0 unspecified atom stereocenters. The van der Waals surface area contributed by atoms with E-state index in [1.165, 1.54) is 0 Å². The Bertz CT molecular complexity index is 323. The number of rotatable bonds is 2. The molecule has 74 valence electrons. The summed E-state index contributed by atoms with van der Waals surface area (Å²) in [5, 5.41) is 9.94. The molecule has 1 aliphatic carbocycles. The number of Topliss-reactive ketones (excluding diaryl/α,β-unsaturated/α-hetero) is 1. The predicted molar refractivity (Wildman–Crippen MR) is 51.5 cm³/mol. The second-order valence-corrected chi connectivity index (χ2v) is 3.69. The van der Waals surface area contributed by atoms with E-state index in [9.17, 15) is 9.90 Å². The van der Waals surface area contributed by atoms with Gasteiger partial charge in [0.05, 0.1) is 6.10 Å². The van der Waals surface area contributed by atoms with Crippen LogP contribution in [0.4, 0.5) is 0 Å². The van der Waals surface area contributed by atoms with Gasteiger partial charge in [-0.3, -0.25) is 9.78 Å². The summed E-state index contributed by atoms with van der Waals surface area (Å²) in [5.41, 5.74) is 0.792. The first-order valence-electron chi connectivity index (χ1n) is 4.90. The topological polar surface area (TPSA) is 50.2 Å². The first-order valence-corrected chi connectivity index (χ1v) is 4.90. The first-order chi connectivity index (χ1) is 6.79. The zero-order chi connectivity index (χ0) is 9.97. The molecule has 3 nitrogen and oxygen atoms in total. The maximum absolute atomic E-state index is 11.4. The highest BCUT2D eigenvalue weighted by atomic mass is 16.3. The Labute approximate surface area is 82.8 Å². The Balaban J connectivity index is 2.16. The van der Waals surface area contributed by atoms with Gasteiger partial charge in [-0.2, -0.15) is 0 Å². The molecule has 2 atom stereocenters. The molecule has 0 aromatic carbocycles. The minimum absolute atomic E-state index is 0.189. The fraction of sp³-hybridized carbons (Fsp3) is 0.455. The lowest BCUT2D eigenvalue weighted by Gasteiger charge is -2.16. The maximum Gasteiger partial charge on any atom is 0.138 e. The van der Waals surface area contributed by atoms with E-state index in [-0.39, 0.29) is 11.7 Å². The number of carbonyl (C=O) groups excluding carboxylic acids is 1. The molecule has 2 rings (SSSR count). The minimum Gasteiger partial charge on any atom is -0.388 e. The third-order valence-electron chi connectivity index (χ3n) is 2.78. The van der Waals surface area contributed by atoms with Gasteiger partial charge in [-0.05, 0) is 30.5 Å². The van der Waals surface area contributed by atoms with E-state index in [0.29, 0.717) is 6.42 Å². The van der Waals surface area contributed by atoms with Crippen LogP contribution in [-0.4, -0.2) is 15.9 Å². The van der Waals surface area contributed by atoms with Gasteiger partial charge in [-0.25, -0.2) is 0 Å². The Kier molecular flexibility index (Phi) is 2.59. The number of hydrogen-bond donors (Lipinski definition) is 1. The third kappa shape index (κ3) is 1.68. The molecule has 0 spiro atoms. The molecule has 1 heterocycles. The van der Waals surface area contributed by atoms with Gasteiger partial charge in [-0.1, -0.05) is 0 Å².